The van der Waals surface area contributed by atoms with Gasteiger partial charge in [0.25, 0.3) is 0 Å². The van der Waals surface area contributed by atoms with Crippen LogP contribution in [0.1, 0.15) is 48.6 Å². The summed E-state index contributed by atoms with van der Waals surface area (Å²) >= 11 is 1.83. The highest BCUT2D eigenvalue weighted by atomic mass is 32.1. The normalized spacial score (nSPS) is 29.6. The topological polar surface area (TPSA) is 73.4 Å². The molecule has 2 saturated heterocycles. The molecule has 5 nitrogen and oxygen atoms in total. The quantitative estimate of drug-likeness (QED) is 0.899. The van der Waals surface area contributed by atoms with Crippen molar-refractivity contribution in [2.75, 3.05) is 24.5 Å². The van der Waals surface area contributed by atoms with Crippen LogP contribution in [0, 0.1) is 17.2 Å². The smallest absolute Gasteiger partial charge is 0.234 e. The number of hydrogen-bond acceptors (Lipinski definition) is 5. The lowest BCUT2D eigenvalue weighted by molar-refractivity contribution is -0.122. The second-order valence-electron chi connectivity index (χ2n) is 7.85. The molecule has 4 rings (SSSR count). The maximum Gasteiger partial charge on any atom is 0.234 e. The molecule has 2 N–H and O–H groups in total. The van der Waals surface area contributed by atoms with Crippen molar-refractivity contribution in [1.82, 2.24) is 4.90 Å². The predicted octanol–water partition coefficient (Wildman–Crippen LogP) is 2.27. The van der Waals surface area contributed by atoms with Crippen LogP contribution in [0.25, 0.3) is 0 Å². The average Bonchev–Trinajstić information content (AvgIpc) is 3.29. The Morgan fingerprint density at radius 1 is 1.32 bits per heavy atom. The summed E-state index contributed by atoms with van der Waals surface area (Å²) in [6, 6.07) is 2.73. The first kappa shape index (κ1) is 16.9. The Morgan fingerprint density at radius 3 is 2.88 bits per heavy atom. The Balaban J connectivity index is 1.54. The van der Waals surface area contributed by atoms with Crippen LogP contribution in [0.3, 0.4) is 0 Å². The van der Waals surface area contributed by atoms with E-state index in [2.05, 4.69) is 22.8 Å². The summed E-state index contributed by atoms with van der Waals surface area (Å²) in [5, 5.41) is 10.9. The van der Waals surface area contributed by atoms with E-state index in [1.54, 1.807) is 0 Å². The molecular weight excluding hydrogens is 332 g/mol. The minimum atomic E-state index is -0.188. The summed E-state index contributed by atoms with van der Waals surface area (Å²) in [4.78, 5) is 18.0. The van der Waals surface area contributed by atoms with Gasteiger partial charge in [0.2, 0.25) is 5.91 Å². The van der Waals surface area contributed by atoms with Gasteiger partial charge in [-0.2, -0.15) is 5.26 Å². The van der Waals surface area contributed by atoms with Gasteiger partial charge in [-0.1, -0.05) is 6.92 Å². The molecule has 1 aliphatic carbocycles. The standard InChI is InChI=1S/C19H26N4OS/c1-12-8-16(18(21)24)23(10-12)13-6-7-22(11-13)19-15(9-20)14-4-2-3-5-17(14)25-19/h12-13,16H,2-8,10-11H2,1H3,(H2,21,24)/t12-,13-,16-/m0/s1. The van der Waals surface area contributed by atoms with Crippen molar-refractivity contribution in [2.45, 2.75) is 57.5 Å². The third-order valence-electron chi connectivity index (χ3n) is 6.06. The highest BCUT2D eigenvalue weighted by Gasteiger charge is 2.41. The number of hydrogen-bond donors (Lipinski definition) is 1. The average molecular weight is 359 g/mol. The fourth-order valence-corrected chi connectivity index (χ4v) is 6.22. The zero-order chi connectivity index (χ0) is 17.6. The van der Waals surface area contributed by atoms with Gasteiger partial charge in [0.05, 0.1) is 11.6 Å². The molecule has 134 valence electrons. The van der Waals surface area contributed by atoms with E-state index in [1.165, 1.54) is 28.3 Å². The van der Waals surface area contributed by atoms with E-state index in [4.69, 9.17) is 5.73 Å². The zero-order valence-electron chi connectivity index (χ0n) is 14.8. The fourth-order valence-electron chi connectivity index (χ4n) is 4.85. The highest BCUT2D eigenvalue weighted by Crippen LogP contribution is 2.41. The number of anilines is 1. The van der Waals surface area contributed by atoms with Crippen LogP contribution in [0.15, 0.2) is 0 Å². The number of nitrogens with zero attached hydrogens (tertiary/aromatic N) is 3. The highest BCUT2D eigenvalue weighted by molar-refractivity contribution is 7.16. The van der Waals surface area contributed by atoms with E-state index in [-0.39, 0.29) is 11.9 Å². The van der Waals surface area contributed by atoms with E-state index < -0.39 is 0 Å². The first-order valence-corrected chi connectivity index (χ1v) is 10.2. The van der Waals surface area contributed by atoms with E-state index in [1.807, 2.05) is 11.3 Å². The molecule has 6 heteroatoms. The number of nitrogens with two attached hydrogens (primary N) is 1. The molecule has 1 amide bonds. The monoisotopic (exact) mass is 358 g/mol. The molecule has 2 aliphatic heterocycles. The third kappa shape index (κ3) is 2.94. The summed E-state index contributed by atoms with van der Waals surface area (Å²) in [6.07, 6.45) is 6.55. The molecule has 1 aromatic rings. The molecule has 3 atom stereocenters. The van der Waals surface area contributed by atoms with Gasteiger partial charge in [-0.25, -0.2) is 0 Å². The number of rotatable bonds is 3. The van der Waals surface area contributed by atoms with Crippen LogP contribution in [0.5, 0.6) is 0 Å². The molecule has 3 heterocycles. The molecule has 0 saturated carbocycles. The number of aryl methyl sites for hydroxylation is 1. The molecule has 1 aromatic heterocycles. The number of carbonyl (C=O) groups excluding carboxylic acids is 1. The van der Waals surface area contributed by atoms with Crippen molar-refractivity contribution in [2.24, 2.45) is 11.7 Å². The van der Waals surface area contributed by atoms with Crippen LogP contribution in [0.2, 0.25) is 0 Å². The van der Waals surface area contributed by atoms with Crippen molar-refractivity contribution in [3.8, 4) is 6.07 Å². The van der Waals surface area contributed by atoms with E-state index >= 15 is 0 Å². The van der Waals surface area contributed by atoms with Crippen molar-refractivity contribution >= 4 is 22.2 Å². The Kier molecular flexibility index (Phi) is 4.47. The van der Waals surface area contributed by atoms with Gasteiger partial charge < -0.3 is 10.6 Å². The Bertz CT molecular complexity index is 722. The van der Waals surface area contributed by atoms with Crippen molar-refractivity contribution in [1.29, 1.82) is 5.26 Å². The SMILES string of the molecule is C[C@H]1C[C@@H](C(N)=O)N([C@H]2CCN(c3sc4c(c3C#N)CCCC4)C2)C1. The first-order valence-electron chi connectivity index (χ1n) is 9.43. The Labute approximate surface area is 153 Å². The number of thiophene rings is 1. The lowest BCUT2D eigenvalue weighted by Crippen LogP contribution is -2.47. The molecule has 0 spiro atoms. The van der Waals surface area contributed by atoms with Crippen molar-refractivity contribution < 1.29 is 4.79 Å². The lowest BCUT2D eigenvalue weighted by atomic mass is 9.96. The number of amides is 1. The maximum absolute atomic E-state index is 11.8. The number of fused-ring (bicyclic) bond motifs is 1. The van der Waals surface area contributed by atoms with Gasteiger partial charge in [-0.05, 0) is 50.0 Å². The van der Waals surface area contributed by atoms with Crippen LogP contribution < -0.4 is 10.6 Å². The molecule has 2 fully saturated rings. The van der Waals surface area contributed by atoms with Crippen LogP contribution in [-0.2, 0) is 17.6 Å². The number of likely N-dealkylation sites (tertiary alicyclic amines) is 1. The molecule has 0 radical (unpaired) electrons. The summed E-state index contributed by atoms with van der Waals surface area (Å²) < 4.78 is 0. The van der Waals surface area contributed by atoms with E-state index in [0.29, 0.717) is 12.0 Å². The van der Waals surface area contributed by atoms with Crippen LogP contribution in [0.4, 0.5) is 5.00 Å². The Hall–Kier alpha value is -1.58. The second kappa shape index (κ2) is 6.62. The number of primary amides is 1. The Morgan fingerprint density at radius 2 is 2.12 bits per heavy atom. The van der Waals surface area contributed by atoms with Crippen LogP contribution in [-0.4, -0.2) is 42.5 Å². The molecule has 0 unspecified atom stereocenters. The summed E-state index contributed by atoms with van der Waals surface area (Å²) in [5.74, 6) is 0.336. The van der Waals surface area contributed by atoms with Crippen LogP contribution >= 0.6 is 11.3 Å². The molecule has 25 heavy (non-hydrogen) atoms. The fraction of sp³-hybridized carbons (Fsp3) is 0.684. The summed E-state index contributed by atoms with van der Waals surface area (Å²) in [7, 11) is 0. The molecule has 0 aromatic carbocycles. The zero-order valence-corrected chi connectivity index (χ0v) is 15.6. The van der Waals surface area contributed by atoms with Gasteiger partial charge >= 0.3 is 0 Å². The molecule has 0 bridgehead atoms. The van der Waals surface area contributed by atoms with Gasteiger partial charge in [0.1, 0.15) is 11.1 Å². The second-order valence-corrected chi connectivity index (χ2v) is 8.93. The minimum absolute atomic E-state index is 0.119. The lowest BCUT2D eigenvalue weighted by Gasteiger charge is -2.28. The maximum atomic E-state index is 11.8. The summed E-state index contributed by atoms with van der Waals surface area (Å²) in [5.41, 5.74) is 7.87. The molecular formula is C19H26N4OS. The van der Waals surface area contributed by atoms with Gasteiger partial charge in [0, 0.05) is 30.6 Å². The van der Waals surface area contributed by atoms with Crippen molar-refractivity contribution in [3.05, 3.63) is 16.0 Å². The predicted molar refractivity (Wildman–Crippen MR) is 99.8 cm³/mol. The number of carbonyl (C=O) groups is 1. The third-order valence-corrected chi connectivity index (χ3v) is 7.41. The molecule has 3 aliphatic rings. The van der Waals surface area contributed by atoms with Crippen molar-refractivity contribution in [3.63, 3.8) is 0 Å². The van der Waals surface area contributed by atoms with E-state index in [0.717, 1.165) is 50.9 Å². The number of nitriles is 1. The van der Waals surface area contributed by atoms with Gasteiger partial charge in [-0.15, -0.1) is 11.3 Å². The van der Waals surface area contributed by atoms with Gasteiger partial charge in [0.15, 0.2) is 0 Å². The van der Waals surface area contributed by atoms with E-state index in [9.17, 15) is 10.1 Å². The van der Waals surface area contributed by atoms with Gasteiger partial charge in [-0.3, -0.25) is 9.69 Å². The summed E-state index contributed by atoms with van der Waals surface area (Å²) in [6.45, 7) is 5.03. The minimum Gasteiger partial charge on any atom is -0.368 e. The first-order chi connectivity index (χ1) is 12.1. The largest absolute Gasteiger partial charge is 0.368 e.